The fourth-order valence-electron chi connectivity index (χ4n) is 2.04. The Morgan fingerprint density at radius 3 is 2.48 bits per heavy atom. The number of rotatable bonds is 6. The van der Waals surface area contributed by atoms with Crippen LogP contribution in [0.25, 0.3) is 0 Å². The third-order valence-corrected chi connectivity index (χ3v) is 3.52. The molecular weight excluding hydrogens is 288 g/mol. The lowest BCUT2D eigenvalue weighted by Gasteiger charge is -2.12. The minimum absolute atomic E-state index is 0.374. The van der Waals surface area contributed by atoms with Crippen molar-refractivity contribution >= 4 is 11.6 Å². The van der Waals surface area contributed by atoms with E-state index in [2.05, 4.69) is 0 Å². The number of aliphatic hydroxyl groups excluding tert-OH is 1. The van der Waals surface area contributed by atoms with E-state index in [9.17, 15) is 5.11 Å². The lowest BCUT2D eigenvalue weighted by Crippen LogP contribution is -1.99. The van der Waals surface area contributed by atoms with Gasteiger partial charge in [0, 0.05) is 10.6 Å². The van der Waals surface area contributed by atoms with Crippen molar-refractivity contribution in [3.63, 3.8) is 0 Å². The number of benzene rings is 2. The molecule has 21 heavy (non-hydrogen) atoms. The van der Waals surface area contributed by atoms with E-state index in [1.165, 1.54) is 0 Å². The molecule has 3 nitrogen and oxygen atoms in total. The van der Waals surface area contributed by atoms with Gasteiger partial charge in [0.2, 0.25) is 0 Å². The Labute approximate surface area is 130 Å². The smallest absolute Gasteiger partial charge is 0.125 e. The maximum Gasteiger partial charge on any atom is 0.125 e. The van der Waals surface area contributed by atoms with Gasteiger partial charge in [0.1, 0.15) is 18.1 Å². The molecule has 0 amide bonds. The van der Waals surface area contributed by atoms with Gasteiger partial charge in [-0.05, 0) is 42.3 Å². The third kappa shape index (κ3) is 4.13. The van der Waals surface area contributed by atoms with Crippen molar-refractivity contribution in [3.05, 3.63) is 58.6 Å². The van der Waals surface area contributed by atoms with Crippen LogP contribution in [-0.2, 0) is 6.61 Å². The zero-order chi connectivity index (χ0) is 15.2. The van der Waals surface area contributed by atoms with E-state index >= 15 is 0 Å². The second kappa shape index (κ2) is 7.34. The molecule has 2 rings (SSSR count). The quantitative estimate of drug-likeness (QED) is 0.861. The predicted molar refractivity (Wildman–Crippen MR) is 84.0 cm³/mol. The lowest BCUT2D eigenvalue weighted by atomic mass is 10.1. The number of ether oxygens (including phenoxy) is 2. The Morgan fingerprint density at radius 2 is 1.86 bits per heavy atom. The molecule has 0 saturated heterocycles. The standard InChI is InChI=1S/C17H19ClO3/c1-3-16(19)12-4-7-15(8-5-12)21-11-13-10-14(18)6-9-17(13)20-2/h4-10,16,19H,3,11H2,1-2H3/t16-/m1/s1. The van der Waals surface area contributed by atoms with Gasteiger partial charge in [-0.3, -0.25) is 0 Å². The molecule has 0 spiro atoms. The van der Waals surface area contributed by atoms with Crippen LogP contribution in [0.5, 0.6) is 11.5 Å². The van der Waals surface area contributed by atoms with Crippen molar-refractivity contribution in [2.45, 2.75) is 26.1 Å². The average Bonchev–Trinajstić information content (AvgIpc) is 2.52. The summed E-state index contributed by atoms with van der Waals surface area (Å²) in [6.45, 7) is 2.32. The minimum atomic E-state index is -0.424. The SMILES string of the molecule is CC[C@@H](O)c1ccc(OCc2cc(Cl)ccc2OC)cc1. The topological polar surface area (TPSA) is 38.7 Å². The molecule has 0 fully saturated rings. The van der Waals surface area contributed by atoms with Gasteiger partial charge in [-0.25, -0.2) is 0 Å². The summed E-state index contributed by atoms with van der Waals surface area (Å²) in [6, 6.07) is 12.9. The second-order valence-corrected chi connectivity index (χ2v) is 5.17. The summed E-state index contributed by atoms with van der Waals surface area (Å²) >= 11 is 5.99. The van der Waals surface area contributed by atoms with Gasteiger partial charge in [0.25, 0.3) is 0 Å². The molecule has 0 unspecified atom stereocenters. The van der Waals surface area contributed by atoms with Gasteiger partial charge in [-0.15, -0.1) is 0 Å². The zero-order valence-electron chi connectivity index (χ0n) is 12.2. The van der Waals surface area contributed by atoms with Gasteiger partial charge >= 0.3 is 0 Å². The molecule has 0 aromatic heterocycles. The van der Waals surface area contributed by atoms with Crippen LogP contribution >= 0.6 is 11.6 Å². The van der Waals surface area contributed by atoms with E-state index < -0.39 is 6.10 Å². The van der Waals surface area contributed by atoms with Crippen molar-refractivity contribution in [3.8, 4) is 11.5 Å². The van der Waals surface area contributed by atoms with E-state index in [4.69, 9.17) is 21.1 Å². The molecular formula is C17H19ClO3. The Balaban J connectivity index is 2.04. The highest BCUT2D eigenvalue weighted by Crippen LogP contribution is 2.25. The number of hydrogen-bond acceptors (Lipinski definition) is 3. The Hall–Kier alpha value is -1.71. The molecule has 0 heterocycles. The molecule has 0 aliphatic heterocycles. The van der Waals surface area contributed by atoms with Crippen molar-refractivity contribution in [1.82, 2.24) is 0 Å². The first kappa shape index (κ1) is 15.7. The summed E-state index contributed by atoms with van der Waals surface area (Å²) in [5.41, 5.74) is 1.79. The number of hydrogen-bond donors (Lipinski definition) is 1. The number of methoxy groups -OCH3 is 1. The third-order valence-electron chi connectivity index (χ3n) is 3.29. The molecule has 0 aliphatic rings. The van der Waals surface area contributed by atoms with Crippen molar-refractivity contribution in [2.24, 2.45) is 0 Å². The minimum Gasteiger partial charge on any atom is -0.496 e. The highest BCUT2D eigenvalue weighted by atomic mass is 35.5. The number of halogens is 1. The van der Waals surface area contributed by atoms with Crippen LogP contribution in [0.4, 0.5) is 0 Å². The maximum atomic E-state index is 9.75. The van der Waals surface area contributed by atoms with Crippen molar-refractivity contribution < 1.29 is 14.6 Å². The maximum absolute atomic E-state index is 9.75. The monoisotopic (exact) mass is 306 g/mol. The normalized spacial score (nSPS) is 12.0. The van der Waals surface area contributed by atoms with Gasteiger partial charge in [-0.1, -0.05) is 30.7 Å². The van der Waals surface area contributed by atoms with E-state index in [1.54, 1.807) is 13.2 Å². The van der Waals surface area contributed by atoms with E-state index in [1.807, 2.05) is 43.3 Å². The lowest BCUT2D eigenvalue weighted by molar-refractivity contribution is 0.173. The van der Waals surface area contributed by atoms with Crippen LogP contribution in [0.3, 0.4) is 0 Å². The summed E-state index contributed by atoms with van der Waals surface area (Å²) in [7, 11) is 1.62. The van der Waals surface area contributed by atoms with E-state index in [-0.39, 0.29) is 0 Å². The van der Waals surface area contributed by atoms with Crippen molar-refractivity contribution in [1.29, 1.82) is 0 Å². The van der Waals surface area contributed by atoms with Crippen LogP contribution < -0.4 is 9.47 Å². The van der Waals surface area contributed by atoms with Gasteiger partial charge < -0.3 is 14.6 Å². The molecule has 0 saturated carbocycles. The molecule has 0 aliphatic carbocycles. The van der Waals surface area contributed by atoms with Crippen LogP contribution in [0.1, 0.15) is 30.6 Å². The largest absolute Gasteiger partial charge is 0.496 e. The molecule has 0 bridgehead atoms. The molecule has 0 radical (unpaired) electrons. The first-order valence-corrected chi connectivity index (χ1v) is 7.25. The molecule has 2 aromatic rings. The Morgan fingerprint density at radius 1 is 1.14 bits per heavy atom. The second-order valence-electron chi connectivity index (χ2n) is 4.74. The fraction of sp³-hybridized carbons (Fsp3) is 0.294. The fourth-order valence-corrected chi connectivity index (χ4v) is 2.24. The Bertz CT molecular complexity index is 581. The predicted octanol–water partition coefficient (Wildman–Crippen LogP) is 4.37. The van der Waals surface area contributed by atoms with Crippen LogP contribution in [0.15, 0.2) is 42.5 Å². The zero-order valence-corrected chi connectivity index (χ0v) is 12.9. The highest BCUT2D eigenvalue weighted by Gasteiger charge is 2.07. The van der Waals surface area contributed by atoms with Crippen LogP contribution in [0, 0.1) is 0 Å². The molecule has 112 valence electrons. The van der Waals surface area contributed by atoms with E-state index in [0.29, 0.717) is 18.1 Å². The molecule has 4 heteroatoms. The highest BCUT2D eigenvalue weighted by molar-refractivity contribution is 6.30. The van der Waals surface area contributed by atoms with Gasteiger partial charge in [0.15, 0.2) is 0 Å². The number of aliphatic hydroxyl groups is 1. The van der Waals surface area contributed by atoms with E-state index in [0.717, 1.165) is 22.6 Å². The van der Waals surface area contributed by atoms with Crippen LogP contribution in [0.2, 0.25) is 5.02 Å². The summed E-state index contributed by atoms with van der Waals surface area (Å²) in [5.74, 6) is 1.49. The van der Waals surface area contributed by atoms with Crippen molar-refractivity contribution in [2.75, 3.05) is 7.11 Å². The summed E-state index contributed by atoms with van der Waals surface area (Å²) in [4.78, 5) is 0. The first-order valence-electron chi connectivity index (χ1n) is 6.87. The summed E-state index contributed by atoms with van der Waals surface area (Å²) in [5, 5.41) is 10.4. The summed E-state index contributed by atoms with van der Waals surface area (Å²) < 4.78 is 11.0. The Kier molecular flexibility index (Phi) is 5.48. The van der Waals surface area contributed by atoms with Gasteiger partial charge in [0.05, 0.1) is 13.2 Å². The molecule has 1 atom stereocenters. The average molecular weight is 307 g/mol. The van der Waals surface area contributed by atoms with Gasteiger partial charge in [-0.2, -0.15) is 0 Å². The van der Waals surface area contributed by atoms with Crippen LogP contribution in [-0.4, -0.2) is 12.2 Å². The first-order chi connectivity index (χ1) is 10.1. The molecule has 1 N–H and O–H groups in total. The molecule has 2 aromatic carbocycles. The summed E-state index contributed by atoms with van der Waals surface area (Å²) in [6.07, 6.45) is 0.270.